The fourth-order valence-corrected chi connectivity index (χ4v) is 2.79. The summed E-state index contributed by atoms with van der Waals surface area (Å²) in [6.45, 7) is 1.96. The van der Waals surface area contributed by atoms with Gasteiger partial charge in [-0.25, -0.2) is 0 Å². The van der Waals surface area contributed by atoms with Crippen molar-refractivity contribution in [3.63, 3.8) is 0 Å². The Balaban J connectivity index is 1.52. The molecule has 2 amide bonds. The number of rotatable bonds is 6. The molecule has 0 spiro atoms. The van der Waals surface area contributed by atoms with Gasteiger partial charge in [0.25, 0.3) is 11.8 Å². The highest BCUT2D eigenvalue weighted by Crippen LogP contribution is 2.22. The van der Waals surface area contributed by atoms with E-state index >= 15 is 0 Å². The fourth-order valence-electron chi connectivity index (χ4n) is 2.79. The molecule has 3 aromatic rings. The summed E-state index contributed by atoms with van der Waals surface area (Å²) in [5.74, 6) is 0.280. The Morgan fingerprint density at radius 2 is 1.38 bits per heavy atom. The second-order valence-electron chi connectivity index (χ2n) is 7.00. The van der Waals surface area contributed by atoms with Crippen molar-refractivity contribution in [1.82, 2.24) is 4.90 Å². The zero-order valence-corrected chi connectivity index (χ0v) is 16.8. The Bertz CT molecular complexity index is 976. The molecule has 0 fully saturated rings. The van der Waals surface area contributed by atoms with Gasteiger partial charge in [-0.05, 0) is 54.4 Å². The van der Waals surface area contributed by atoms with Crippen molar-refractivity contribution in [2.45, 2.75) is 6.92 Å². The first-order chi connectivity index (χ1) is 13.9. The van der Waals surface area contributed by atoms with E-state index in [-0.39, 0.29) is 18.4 Å². The van der Waals surface area contributed by atoms with Crippen molar-refractivity contribution in [3.8, 4) is 16.9 Å². The van der Waals surface area contributed by atoms with Gasteiger partial charge in [0.1, 0.15) is 5.75 Å². The van der Waals surface area contributed by atoms with Crippen molar-refractivity contribution in [1.29, 1.82) is 0 Å². The highest BCUT2D eigenvalue weighted by Gasteiger charge is 2.09. The minimum atomic E-state index is -0.265. The van der Waals surface area contributed by atoms with Crippen LogP contribution in [-0.2, 0) is 4.79 Å². The van der Waals surface area contributed by atoms with Gasteiger partial charge in [-0.2, -0.15) is 0 Å². The number of anilines is 1. The summed E-state index contributed by atoms with van der Waals surface area (Å²) >= 11 is 0. The van der Waals surface area contributed by atoms with Gasteiger partial charge in [-0.1, -0.05) is 42.0 Å². The molecule has 5 nitrogen and oxygen atoms in total. The number of carbonyl (C=O) groups is 2. The number of nitrogens with one attached hydrogen (secondary N) is 1. The Morgan fingerprint density at radius 1 is 0.828 bits per heavy atom. The molecule has 148 valence electrons. The third kappa shape index (κ3) is 5.45. The average molecular weight is 388 g/mol. The molecule has 0 aliphatic rings. The van der Waals surface area contributed by atoms with Crippen molar-refractivity contribution in [2.75, 3.05) is 26.0 Å². The smallest absolute Gasteiger partial charge is 0.262 e. The van der Waals surface area contributed by atoms with E-state index in [1.165, 1.54) is 10.5 Å². The van der Waals surface area contributed by atoms with E-state index in [1.54, 1.807) is 38.4 Å². The van der Waals surface area contributed by atoms with Crippen LogP contribution in [0, 0.1) is 6.92 Å². The van der Waals surface area contributed by atoms with Crippen molar-refractivity contribution >= 4 is 17.5 Å². The molecule has 3 aromatic carbocycles. The summed E-state index contributed by atoms with van der Waals surface area (Å²) in [6, 6.07) is 22.7. The normalized spacial score (nSPS) is 10.3. The minimum Gasteiger partial charge on any atom is -0.484 e. The summed E-state index contributed by atoms with van der Waals surface area (Å²) in [6.07, 6.45) is 0. The van der Waals surface area contributed by atoms with Crippen LogP contribution in [-0.4, -0.2) is 37.4 Å². The molecule has 1 N–H and O–H groups in total. The number of amides is 2. The maximum atomic E-state index is 12.1. The SMILES string of the molecule is Cc1ccc(-c2ccc(OCC(=O)Nc3ccc(C(=O)N(C)C)cc3)cc2)cc1. The highest BCUT2D eigenvalue weighted by molar-refractivity contribution is 5.95. The Hall–Kier alpha value is -3.60. The molecule has 0 aliphatic heterocycles. The van der Waals surface area contributed by atoms with Gasteiger partial charge in [0.05, 0.1) is 0 Å². The van der Waals surface area contributed by atoms with Crippen LogP contribution in [0.1, 0.15) is 15.9 Å². The summed E-state index contributed by atoms with van der Waals surface area (Å²) in [4.78, 5) is 25.5. The van der Waals surface area contributed by atoms with Crippen LogP contribution in [0.4, 0.5) is 5.69 Å². The summed E-state index contributed by atoms with van der Waals surface area (Å²) in [7, 11) is 3.39. The van der Waals surface area contributed by atoms with Gasteiger partial charge in [0.2, 0.25) is 0 Å². The second-order valence-corrected chi connectivity index (χ2v) is 7.00. The zero-order chi connectivity index (χ0) is 20.8. The zero-order valence-electron chi connectivity index (χ0n) is 16.8. The van der Waals surface area contributed by atoms with Crippen molar-refractivity contribution in [3.05, 3.63) is 83.9 Å². The third-order valence-electron chi connectivity index (χ3n) is 4.43. The molecule has 0 saturated heterocycles. The van der Waals surface area contributed by atoms with E-state index in [0.717, 1.165) is 11.1 Å². The number of nitrogens with zero attached hydrogens (tertiary/aromatic N) is 1. The molecule has 0 atom stereocenters. The van der Waals surface area contributed by atoms with Gasteiger partial charge >= 0.3 is 0 Å². The number of carbonyl (C=O) groups excluding carboxylic acids is 2. The number of ether oxygens (including phenoxy) is 1. The Kier molecular flexibility index (Phi) is 6.29. The molecule has 29 heavy (non-hydrogen) atoms. The lowest BCUT2D eigenvalue weighted by molar-refractivity contribution is -0.118. The van der Waals surface area contributed by atoms with Crippen LogP contribution in [0.2, 0.25) is 0 Å². The van der Waals surface area contributed by atoms with Gasteiger partial charge in [-0.15, -0.1) is 0 Å². The predicted octanol–water partition coefficient (Wildman–Crippen LogP) is 4.38. The molecule has 5 heteroatoms. The van der Waals surface area contributed by atoms with Crippen LogP contribution in [0.3, 0.4) is 0 Å². The number of benzene rings is 3. The molecule has 0 saturated carbocycles. The summed E-state index contributed by atoms with van der Waals surface area (Å²) in [5.41, 5.74) is 4.63. The fraction of sp³-hybridized carbons (Fsp3) is 0.167. The summed E-state index contributed by atoms with van der Waals surface area (Å²) in [5, 5.41) is 2.76. The van der Waals surface area contributed by atoms with Gasteiger partial charge in [0.15, 0.2) is 6.61 Å². The van der Waals surface area contributed by atoms with Crippen LogP contribution >= 0.6 is 0 Å². The topological polar surface area (TPSA) is 58.6 Å². The molecule has 0 aliphatic carbocycles. The van der Waals surface area contributed by atoms with Crippen LogP contribution in [0.25, 0.3) is 11.1 Å². The Morgan fingerprint density at radius 3 is 1.93 bits per heavy atom. The van der Waals surface area contributed by atoms with Crippen LogP contribution in [0.5, 0.6) is 5.75 Å². The van der Waals surface area contributed by atoms with E-state index in [0.29, 0.717) is 17.0 Å². The Labute approximate surface area is 170 Å². The highest BCUT2D eigenvalue weighted by atomic mass is 16.5. The van der Waals surface area contributed by atoms with E-state index < -0.39 is 0 Å². The maximum absolute atomic E-state index is 12.1. The van der Waals surface area contributed by atoms with Crippen LogP contribution in [0.15, 0.2) is 72.8 Å². The first kappa shape index (κ1) is 20.1. The summed E-state index contributed by atoms with van der Waals surface area (Å²) < 4.78 is 5.57. The van der Waals surface area contributed by atoms with E-state index in [1.807, 2.05) is 24.3 Å². The van der Waals surface area contributed by atoms with Gasteiger partial charge in [0, 0.05) is 25.3 Å². The molecule has 0 aromatic heterocycles. The first-order valence-electron chi connectivity index (χ1n) is 9.34. The minimum absolute atomic E-state index is 0.0831. The first-order valence-corrected chi connectivity index (χ1v) is 9.34. The third-order valence-corrected chi connectivity index (χ3v) is 4.43. The molecule has 0 radical (unpaired) electrons. The maximum Gasteiger partial charge on any atom is 0.262 e. The lowest BCUT2D eigenvalue weighted by atomic mass is 10.0. The van der Waals surface area contributed by atoms with Crippen molar-refractivity contribution in [2.24, 2.45) is 0 Å². The van der Waals surface area contributed by atoms with Crippen molar-refractivity contribution < 1.29 is 14.3 Å². The van der Waals surface area contributed by atoms with E-state index in [2.05, 4.69) is 36.5 Å². The van der Waals surface area contributed by atoms with Gasteiger partial charge in [-0.3, -0.25) is 9.59 Å². The van der Waals surface area contributed by atoms with Crippen LogP contribution < -0.4 is 10.1 Å². The van der Waals surface area contributed by atoms with E-state index in [4.69, 9.17) is 4.74 Å². The van der Waals surface area contributed by atoms with Gasteiger partial charge < -0.3 is 15.0 Å². The van der Waals surface area contributed by atoms with E-state index in [9.17, 15) is 9.59 Å². The average Bonchev–Trinajstić information content (AvgIpc) is 2.73. The molecular formula is C24H24N2O3. The molecular weight excluding hydrogens is 364 g/mol. The number of hydrogen-bond donors (Lipinski definition) is 1. The molecule has 0 unspecified atom stereocenters. The number of aryl methyl sites for hydroxylation is 1. The largest absolute Gasteiger partial charge is 0.484 e. The quantitative estimate of drug-likeness (QED) is 0.682. The molecule has 3 rings (SSSR count). The monoisotopic (exact) mass is 388 g/mol. The molecule has 0 bridgehead atoms. The standard InChI is InChI=1S/C24H24N2O3/c1-17-4-6-18(7-5-17)19-10-14-22(15-11-19)29-16-23(27)25-21-12-8-20(9-13-21)24(28)26(2)3/h4-15H,16H2,1-3H3,(H,25,27). The lowest BCUT2D eigenvalue weighted by Crippen LogP contribution is -2.22. The molecule has 0 heterocycles. The predicted molar refractivity (Wildman–Crippen MR) is 115 cm³/mol. The lowest BCUT2D eigenvalue weighted by Gasteiger charge is -2.11. The second kappa shape index (κ2) is 9.06. The number of hydrogen-bond acceptors (Lipinski definition) is 3.